The van der Waals surface area contributed by atoms with Crippen LogP contribution in [0.1, 0.15) is 29.9 Å². The molecular formula is C21H22N2O4S. The lowest BCUT2D eigenvalue weighted by Gasteiger charge is -2.18. The Balaban J connectivity index is 1.48. The number of hydrogen-bond donors (Lipinski definition) is 1. The first-order valence-electron chi connectivity index (χ1n) is 9.35. The largest absolute Gasteiger partial charge is 0.382 e. The average molecular weight is 398 g/mol. The number of nitrogens with zero attached hydrogens (tertiary/aromatic N) is 1. The van der Waals surface area contributed by atoms with Crippen LogP contribution in [0.5, 0.6) is 0 Å². The molecule has 2 heterocycles. The summed E-state index contributed by atoms with van der Waals surface area (Å²) in [7, 11) is -3.05. The first-order chi connectivity index (χ1) is 13.5. The van der Waals surface area contributed by atoms with Crippen molar-refractivity contribution < 1.29 is 18.0 Å². The van der Waals surface area contributed by atoms with Crippen molar-refractivity contribution in [2.75, 3.05) is 11.5 Å². The van der Waals surface area contributed by atoms with Gasteiger partial charge in [0.2, 0.25) is 6.10 Å². The molecule has 2 aliphatic rings. The van der Waals surface area contributed by atoms with E-state index in [1.165, 1.54) is 0 Å². The summed E-state index contributed by atoms with van der Waals surface area (Å²) in [5, 5.41) is 7.03. The molecule has 2 aliphatic heterocycles. The van der Waals surface area contributed by atoms with Gasteiger partial charge in [-0.05, 0) is 17.5 Å². The van der Waals surface area contributed by atoms with Crippen molar-refractivity contribution in [1.82, 2.24) is 5.32 Å². The van der Waals surface area contributed by atoms with Crippen LogP contribution in [-0.2, 0) is 19.5 Å². The molecule has 2 atom stereocenters. The Morgan fingerprint density at radius 3 is 2.18 bits per heavy atom. The van der Waals surface area contributed by atoms with E-state index >= 15 is 0 Å². The Bertz CT molecular complexity index is 934. The van der Waals surface area contributed by atoms with Crippen LogP contribution < -0.4 is 5.32 Å². The van der Waals surface area contributed by atoms with Crippen molar-refractivity contribution in [3.05, 3.63) is 71.8 Å². The van der Waals surface area contributed by atoms with Crippen LogP contribution in [0.25, 0.3) is 0 Å². The Labute approximate surface area is 164 Å². The van der Waals surface area contributed by atoms with Gasteiger partial charge in [0.15, 0.2) is 9.84 Å². The highest BCUT2D eigenvalue weighted by Gasteiger charge is 2.36. The molecule has 0 bridgehead atoms. The van der Waals surface area contributed by atoms with Crippen molar-refractivity contribution in [1.29, 1.82) is 0 Å². The minimum atomic E-state index is -3.05. The summed E-state index contributed by atoms with van der Waals surface area (Å²) in [6.45, 7) is 0. The summed E-state index contributed by atoms with van der Waals surface area (Å²) in [6.07, 6.45) is 0.0958. The maximum absolute atomic E-state index is 12.5. The van der Waals surface area contributed by atoms with Crippen LogP contribution in [-0.4, -0.2) is 43.7 Å². The predicted molar refractivity (Wildman–Crippen MR) is 107 cm³/mol. The first kappa shape index (κ1) is 18.7. The summed E-state index contributed by atoms with van der Waals surface area (Å²) in [5.41, 5.74) is 2.95. The van der Waals surface area contributed by atoms with E-state index in [1.54, 1.807) is 0 Å². The van der Waals surface area contributed by atoms with Crippen LogP contribution >= 0.6 is 0 Å². The molecule has 2 aromatic carbocycles. The smallest absolute Gasteiger partial charge is 0.264 e. The minimum absolute atomic E-state index is 0.00414. The number of carbonyl (C=O) groups is 1. The molecule has 1 saturated heterocycles. The molecule has 0 spiro atoms. The standard InChI is InChI=1S/C21H22N2O4S/c24-21(22-17-11-12-28(25,26)14-17)19-13-18(23-27-19)20(15-7-3-1-4-8-15)16-9-5-2-6-10-16/h1-10,17,19-20H,11-14H2,(H,22,24). The maximum atomic E-state index is 12.5. The zero-order valence-electron chi connectivity index (χ0n) is 15.3. The molecule has 2 aromatic rings. The van der Waals surface area contributed by atoms with Gasteiger partial charge in [-0.1, -0.05) is 65.8 Å². The van der Waals surface area contributed by atoms with Crippen molar-refractivity contribution >= 4 is 21.5 Å². The normalized spacial score (nSPS) is 23.2. The molecule has 0 aromatic heterocycles. The van der Waals surface area contributed by atoms with Gasteiger partial charge in [-0.15, -0.1) is 0 Å². The number of oxime groups is 1. The Morgan fingerprint density at radius 2 is 1.64 bits per heavy atom. The molecule has 7 heteroatoms. The molecule has 1 fully saturated rings. The molecule has 2 unspecified atom stereocenters. The van der Waals surface area contributed by atoms with Crippen LogP contribution in [0.3, 0.4) is 0 Å². The molecule has 6 nitrogen and oxygen atoms in total. The maximum Gasteiger partial charge on any atom is 0.264 e. The van der Waals surface area contributed by atoms with E-state index in [9.17, 15) is 13.2 Å². The summed E-state index contributed by atoms with van der Waals surface area (Å²) in [6, 6.07) is 19.7. The summed E-state index contributed by atoms with van der Waals surface area (Å²) in [5.74, 6) is -0.279. The van der Waals surface area contributed by atoms with Gasteiger partial charge < -0.3 is 10.2 Å². The number of sulfone groups is 1. The second kappa shape index (κ2) is 7.75. The lowest BCUT2D eigenvalue weighted by Crippen LogP contribution is -2.42. The second-order valence-corrected chi connectivity index (χ2v) is 9.47. The second-order valence-electron chi connectivity index (χ2n) is 7.24. The number of amides is 1. The fourth-order valence-corrected chi connectivity index (χ4v) is 5.45. The van der Waals surface area contributed by atoms with Gasteiger partial charge in [-0.3, -0.25) is 4.79 Å². The number of benzene rings is 2. The van der Waals surface area contributed by atoms with E-state index in [2.05, 4.69) is 10.5 Å². The van der Waals surface area contributed by atoms with E-state index in [0.29, 0.717) is 12.8 Å². The van der Waals surface area contributed by atoms with Crippen LogP contribution in [0.2, 0.25) is 0 Å². The van der Waals surface area contributed by atoms with Crippen molar-refractivity contribution in [2.45, 2.75) is 30.9 Å². The monoisotopic (exact) mass is 398 g/mol. The third kappa shape index (κ3) is 4.09. The lowest BCUT2D eigenvalue weighted by molar-refractivity contribution is -0.131. The zero-order valence-corrected chi connectivity index (χ0v) is 16.1. The molecule has 0 saturated carbocycles. The highest BCUT2D eigenvalue weighted by atomic mass is 32.2. The van der Waals surface area contributed by atoms with E-state index < -0.39 is 15.9 Å². The van der Waals surface area contributed by atoms with E-state index in [4.69, 9.17) is 4.84 Å². The summed E-state index contributed by atoms with van der Waals surface area (Å²) in [4.78, 5) is 18.0. The molecule has 0 radical (unpaired) electrons. The molecule has 28 heavy (non-hydrogen) atoms. The molecule has 0 aliphatic carbocycles. The van der Waals surface area contributed by atoms with Gasteiger partial charge in [0, 0.05) is 12.5 Å². The van der Waals surface area contributed by atoms with Gasteiger partial charge in [0.05, 0.1) is 23.1 Å². The quantitative estimate of drug-likeness (QED) is 0.837. The van der Waals surface area contributed by atoms with Gasteiger partial charge in [0.1, 0.15) is 0 Å². The van der Waals surface area contributed by atoms with Gasteiger partial charge in [-0.25, -0.2) is 8.42 Å². The topological polar surface area (TPSA) is 84.8 Å². The highest BCUT2D eigenvalue weighted by Crippen LogP contribution is 2.31. The van der Waals surface area contributed by atoms with Gasteiger partial charge in [-0.2, -0.15) is 0 Å². The van der Waals surface area contributed by atoms with Crippen molar-refractivity contribution in [2.24, 2.45) is 5.16 Å². The minimum Gasteiger partial charge on any atom is -0.382 e. The Kier molecular flexibility index (Phi) is 5.17. The number of nitrogens with one attached hydrogen (secondary N) is 1. The lowest BCUT2D eigenvalue weighted by atomic mass is 9.85. The van der Waals surface area contributed by atoms with Crippen LogP contribution in [0, 0.1) is 0 Å². The molecule has 146 valence electrons. The summed E-state index contributed by atoms with van der Waals surface area (Å²) >= 11 is 0. The zero-order chi connectivity index (χ0) is 19.6. The van der Waals surface area contributed by atoms with Gasteiger partial charge >= 0.3 is 0 Å². The number of hydrogen-bond acceptors (Lipinski definition) is 5. The Morgan fingerprint density at radius 1 is 1.04 bits per heavy atom. The molecular weight excluding hydrogens is 376 g/mol. The SMILES string of the molecule is O=C(NC1CCS(=O)(=O)C1)C1CC(C(c2ccccc2)c2ccccc2)=NO1. The molecule has 1 amide bonds. The first-order valence-corrected chi connectivity index (χ1v) is 11.2. The fourth-order valence-electron chi connectivity index (χ4n) is 3.78. The van der Waals surface area contributed by atoms with Crippen LogP contribution in [0.4, 0.5) is 0 Å². The average Bonchev–Trinajstić information content (AvgIpc) is 3.30. The van der Waals surface area contributed by atoms with Crippen molar-refractivity contribution in [3.63, 3.8) is 0 Å². The Hall–Kier alpha value is -2.67. The van der Waals surface area contributed by atoms with Crippen LogP contribution in [0.15, 0.2) is 65.8 Å². The fraction of sp³-hybridized carbons (Fsp3) is 0.333. The molecule has 1 N–H and O–H groups in total. The number of carbonyl (C=O) groups excluding carboxylic acids is 1. The third-order valence-corrected chi connectivity index (χ3v) is 6.93. The van der Waals surface area contributed by atoms with Gasteiger partial charge in [0.25, 0.3) is 5.91 Å². The number of rotatable bonds is 5. The summed E-state index contributed by atoms with van der Waals surface area (Å²) < 4.78 is 23.2. The molecule has 4 rings (SSSR count). The van der Waals surface area contributed by atoms with E-state index in [0.717, 1.165) is 16.8 Å². The van der Waals surface area contributed by atoms with E-state index in [1.807, 2.05) is 60.7 Å². The van der Waals surface area contributed by atoms with Crippen molar-refractivity contribution in [3.8, 4) is 0 Å². The van der Waals surface area contributed by atoms with E-state index in [-0.39, 0.29) is 29.4 Å². The highest BCUT2D eigenvalue weighted by molar-refractivity contribution is 7.91. The predicted octanol–water partition coefficient (Wildman–Crippen LogP) is 2.27. The third-order valence-electron chi connectivity index (χ3n) is 5.16.